The van der Waals surface area contributed by atoms with Crippen molar-refractivity contribution in [2.45, 2.75) is 13.1 Å². The molecule has 7 nitrogen and oxygen atoms in total. The van der Waals surface area contributed by atoms with Gasteiger partial charge in [-0.05, 0) is 55.5 Å². The van der Waals surface area contributed by atoms with Crippen molar-refractivity contribution in [1.29, 1.82) is 0 Å². The van der Waals surface area contributed by atoms with Crippen molar-refractivity contribution in [2.24, 2.45) is 0 Å². The van der Waals surface area contributed by atoms with Crippen LogP contribution in [-0.4, -0.2) is 60.4 Å². The van der Waals surface area contributed by atoms with Gasteiger partial charge in [-0.15, -0.1) is 10.2 Å². The normalized spacial score (nSPS) is 14.1. The highest BCUT2D eigenvalue weighted by molar-refractivity contribution is 5.78. The summed E-state index contributed by atoms with van der Waals surface area (Å²) >= 11 is 0. The van der Waals surface area contributed by atoms with Crippen LogP contribution in [0.2, 0.25) is 0 Å². The summed E-state index contributed by atoms with van der Waals surface area (Å²) in [5.74, 6) is 0.777. The summed E-state index contributed by atoms with van der Waals surface area (Å²) in [5, 5.41) is 8.65. The molecule has 10 heteroatoms. The number of para-hydroxylation sites is 1. The third kappa shape index (κ3) is 6.00. The summed E-state index contributed by atoms with van der Waals surface area (Å²) in [7, 11) is 0. The lowest BCUT2D eigenvalue weighted by atomic mass is 10.1. The summed E-state index contributed by atoms with van der Waals surface area (Å²) < 4.78 is 50.0. The zero-order valence-electron chi connectivity index (χ0n) is 19.2. The molecule has 0 bridgehead atoms. The number of aromatic nitrogens is 2. The zero-order chi connectivity index (χ0) is 24.8. The van der Waals surface area contributed by atoms with Crippen LogP contribution in [0.25, 0.3) is 11.3 Å². The van der Waals surface area contributed by atoms with Crippen molar-refractivity contribution < 1.29 is 27.4 Å². The van der Waals surface area contributed by atoms with E-state index in [1.165, 1.54) is 18.2 Å². The van der Waals surface area contributed by atoms with Gasteiger partial charge >= 0.3 is 6.18 Å². The van der Waals surface area contributed by atoms with E-state index in [2.05, 4.69) is 10.2 Å². The monoisotopic (exact) mass is 486 g/mol. The van der Waals surface area contributed by atoms with Gasteiger partial charge in [0, 0.05) is 31.7 Å². The molecule has 0 saturated carbocycles. The highest BCUT2D eigenvalue weighted by Gasteiger charge is 2.34. The molecule has 0 N–H and O–H groups in total. The molecule has 0 radical (unpaired) electrons. The molecule has 0 spiro atoms. The Balaban J connectivity index is 1.30. The lowest BCUT2D eigenvalue weighted by Crippen LogP contribution is -2.50. The predicted octanol–water partition coefficient (Wildman–Crippen LogP) is 4.29. The molecule has 0 atom stereocenters. The third-order valence-corrected chi connectivity index (χ3v) is 5.61. The Morgan fingerprint density at radius 1 is 0.914 bits per heavy atom. The summed E-state index contributed by atoms with van der Waals surface area (Å²) in [6, 6.07) is 16.3. The van der Waals surface area contributed by atoms with Crippen LogP contribution in [0.15, 0.2) is 60.7 Å². The molecule has 1 amide bonds. The quantitative estimate of drug-likeness (QED) is 0.497. The second kappa shape index (κ2) is 10.6. The SMILES string of the molecule is CCOc1ccc(-c2ccc(N3CCN(C(=O)COc4ccccc4C(F)(F)F)CC3)nn2)cc1. The Bertz CT molecular complexity index is 1130. The number of carbonyl (C=O) groups excluding carboxylic acids is 1. The highest BCUT2D eigenvalue weighted by atomic mass is 19.4. The van der Waals surface area contributed by atoms with Crippen molar-refractivity contribution in [3.05, 3.63) is 66.2 Å². The van der Waals surface area contributed by atoms with Crippen LogP contribution in [-0.2, 0) is 11.0 Å². The van der Waals surface area contributed by atoms with Gasteiger partial charge in [-0.1, -0.05) is 12.1 Å². The van der Waals surface area contributed by atoms with Crippen LogP contribution in [0, 0.1) is 0 Å². The maximum atomic E-state index is 13.1. The minimum atomic E-state index is -4.55. The number of rotatable bonds is 7. The van der Waals surface area contributed by atoms with Crippen LogP contribution in [0.5, 0.6) is 11.5 Å². The fraction of sp³-hybridized carbons (Fsp3) is 0.320. The van der Waals surface area contributed by atoms with Crippen LogP contribution in [0.4, 0.5) is 19.0 Å². The Morgan fingerprint density at radius 2 is 1.63 bits per heavy atom. The average Bonchev–Trinajstić information content (AvgIpc) is 2.88. The Labute approximate surface area is 201 Å². The third-order valence-electron chi connectivity index (χ3n) is 5.61. The van der Waals surface area contributed by atoms with Gasteiger partial charge in [0.05, 0.1) is 17.9 Å². The van der Waals surface area contributed by atoms with E-state index in [0.29, 0.717) is 38.6 Å². The average molecular weight is 486 g/mol. The van der Waals surface area contributed by atoms with Crippen LogP contribution < -0.4 is 14.4 Å². The number of benzene rings is 2. The highest BCUT2D eigenvalue weighted by Crippen LogP contribution is 2.35. The van der Waals surface area contributed by atoms with Crippen molar-refractivity contribution >= 4 is 11.7 Å². The van der Waals surface area contributed by atoms with E-state index in [1.807, 2.05) is 48.2 Å². The number of anilines is 1. The molecule has 184 valence electrons. The topological polar surface area (TPSA) is 67.8 Å². The van der Waals surface area contributed by atoms with E-state index in [-0.39, 0.29) is 11.7 Å². The summed E-state index contributed by atoms with van der Waals surface area (Å²) in [6.45, 7) is 3.95. The van der Waals surface area contributed by atoms with Gasteiger partial charge in [0.25, 0.3) is 5.91 Å². The van der Waals surface area contributed by atoms with E-state index in [4.69, 9.17) is 9.47 Å². The second-order valence-electron chi connectivity index (χ2n) is 7.88. The van der Waals surface area contributed by atoms with E-state index in [0.717, 1.165) is 23.1 Å². The number of carbonyl (C=O) groups is 1. The zero-order valence-corrected chi connectivity index (χ0v) is 19.2. The molecule has 1 aromatic heterocycles. The van der Waals surface area contributed by atoms with Gasteiger partial charge < -0.3 is 19.3 Å². The summed E-state index contributed by atoms with van der Waals surface area (Å²) in [4.78, 5) is 16.1. The summed E-state index contributed by atoms with van der Waals surface area (Å²) in [5.41, 5.74) is 0.766. The second-order valence-corrected chi connectivity index (χ2v) is 7.88. The molecule has 1 aliphatic rings. The molecule has 35 heavy (non-hydrogen) atoms. The first-order chi connectivity index (χ1) is 16.8. The van der Waals surface area contributed by atoms with Crippen LogP contribution in [0.3, 0.4) is 0 Å². The lowest BCUT2D eigenvalue weighted by molar-refractivity contribution is -0.141. The summed E-state index contributed by atoms with van der Waals surface area (Å²) in [6.07, 6.45) is -4.55. The van der Waals surface area contributed by atoms with Gasteiger partial charge in [0.2, 0.25) is 0 Å². The Kier molecular flexibility index (Phi) is 7.38. The maximum Gasteiger partial charge on any atom is 0.419 e. The number of amides is 1. The number of nitrogens with zero attached hydrogens (tertiary/aromatic N) is 4. The largest absolute Gasteiger partial charge is 0.494 e. The van der Waals surface area contributed by atoms with Gasteiger partial charge in [0.15, 0.2) is 12.4 Å². The minimum Gasteiger partial charge on any atom is -0.494 e. The maximum absolute atomic E-state index is 13.1. The van der Waals surface area contributed by atoms with E-state index >= 15 is 0 Å². The number of ether oxygens (including phenoxy) is 2. The van der Waals surface area contributed by atoms with Crippen molar-refractivity contribution in [3.8, 4) is 22.8 Å². The van der Waals surface area contributed by atoms with Crippen molar-refractivity contribution in [3.63, 3.8) is 0 Å². The van der Waals surface area contributed by atoms with E-state index < -0.39 is 18.3 Å². The molecular formula is C25H25F3N4O3. The van der Waals surface area contributed by atoms with Gasteiger partial charge in [-0.3, -0.25) is 4.79 Å². The fourth-order valence-corrected chi connectivity index (χ4v) is 3.78. The van der Waals surface area contributed by atoms with Gasteiger partial charge in [-0.25, -0.2) is 0 Å². The molecule has 4 rings (SSSR count). The standard InChI is InChI=1S/C25H25F3N4O3/c1-2-34-19-9-7-18(8-10-19)21-11-12-23(30-29-21)31-13-15-32(16-14-31)24(33)17-35-22-6-4-3-5-20(22)25(26,27)28/h3-12H,2,13-17H2,1H3. The predicted molar refractivity (Wildman–Crippen MR) is 124 cm³/mol. The molecule has 1 aliphatic heterocycles. The van der Waals surface area contributed by atoms with E-state index in [1.54, 1.807) is 4.90 Å². The molecule has 0 unspecified atom stereocenters. The number of hydrogen-bond donors (Lipinski definition) is 0. The number of hydrogen-bond acceptors (Lipinski definition) is 6. The van der Waals surface area contributed by atoms with E-state index in [9.17, 15) is 18.0 Å². The smallest absolute Gasteiger partial charge is 0.419 e. The molecule has 0 aliphatic carbocycles. The first-order valence-electron chi connectivity index (χ1n) is 11.2. The molecule has 3 aromatic rings. The van der Waals surface area contributed by atoms with Crippen LogP contribution >= 0.6 is 0 Å². The molecular weight excluding hydrogens is 461 g/mol. The van der Waals surface area contributed by atoms with Gasteiger partial charge in [-0.2, -0.15) is 13.2 Å². The first kappa shape index (κ1) is 24.3. The number of alkyl halides is 3. The minimum absolute atomic E-state index is 0.352. The first-order valence-corrected chi connectivity index (χ1v) is 11.2. The van der Waals surface area contributed by atoms with Gasteiger partial charge in [0.1, 0.15) is 11.5 Å². The molecule has 2 aromatic carbocycles. The Morgan fingerprint density at radius 3 is 2.26 bits per heavy atom. The molecule has 1 fully saturated rings. The number of piperazine rings is 1. The fourth-order valence-electron chi connectivity index (χ4n) is 3.78. The lowest BCUT2D eigenvalue weighted by Gasteiger charge is -2.35. The number of halogens is 3. The Hall–Kier alpha value is -3.82. The molecule has 1 saturated heterocycles. The molecule has 2 heterocycles. The van der Waals surface area contributed by atoms with Crippen molar-refractivity contribution in [2.75, 3.05) is 44.3 Å². The van der Waals surface area contributed by atoms with Crippen molar-refractivity contribution in [1.82, 2.24) is 15.1 Å². The van der Waals surface area contributed by atoms with Crippen LogP contribution in [0.1, 0.15) is 12.5 Å².